The Bertz CT molecular complexity index is 1100. The molecule has 3 heterocycles. The Hall–Kier alpha value is -2.83. The summed E-state index contributed by atoms with van der Waals surface area (Å²) in [7, 11) is 0. The van der Waals surface area contributed by atoms with Crippen LogP contribution in [-0.4, -0.2) is 43.9 Å². The van der Waals surface area contributed by atoms with E-state index in [-0.39, 0.29) is 17.7 Å². The van der Waals surface area contributed by atoms with Crippen LogP contribution in [0.4, 0.5) is 4.79 Å². The Balaban J connectivity index is 1.65. The standard InChI is InChI=1S/C21H26N4O3/c1-14-5-6-17-16(13-14)19-24(12-9-18(26)25(19)22-17)15-7-10-23(11-8-15)20(27)28-21(2,3)4/h5-6,9,12-13,15H,7-8,10-11H2,1-4H3. The molecule has 0 radical (unpaired) electrons. The average molecular weight is 382 g/mol. The van der Waals surface area contributed by atoms with E-state index in [0.29, 0.717) is 13.1 Å². The summed E-state index contributed by atoms with van der Waals surface area (Å²) in [6.07, 6.45) is 3.20. The zero-order valence-corrected chi connectivity index (χ0v) is 16.8. The molecule has 0 unspecified atom stereocenters. The Morgan fingerprint density at radius 2 is 1.89 bits per heavy atom. The fraction of sp³-hybridized carbons (Fsp3) is 0.476. The maximum atomic E-state index is 12.4. The zero-order chi connectivity index (χ0) is 20.1. The van der Waals surface area contributed by atoms with Crippen LogP contribution in [-0.2, 0) is 4.74 Å². The van der Waals surface area contributed by atoms with Gasteiger partial charge in [0.05, 0.1) is 5.52 Å². The summed E-state index contributed by atoms with van der Waals surface area (Å²) in [6, 6.07) is 7.78. The van der Waals surface area contributed by atoms with Gasteiger partial charge in [-0.05, 0) is 52.7 Å². The Kier molecular flexibility index (Phi) is 4.40. The van der Waals surface area contributed by atoms with Gasteiger partial charge in [-0.3, -0.25) is 4.79 Å². The number of likely N-dealkylation sites (tertiary alicyclic amines) is 1. The van der Waals surface area contributed by atoms with Crippen LogP contribution < -0.4 is 5.56 Å². The molecule has 1 saturated heterocycles. The molecule has 7 nitrogen and oxygen atoms in total. The second-order valence-electron chi connectivity index (χ2n) is 8.52. The van der Waals surface area contributed by atoms with Gasteiger partial charge in [0.2, 0.25) is 0 Å². The fourth-order valence-electron chi connectivity index (χ4n) is 3.82. The predicted molar refractivity (Wildman–Crippen MR) is 108 cm³/mol. The van der Waals surface area contributed by atoms with Crippen LogP contribution in [0.5, 0.6) is 0 Å². The largest absolute Gasteiger partial charge is 0.444 e. The minimum absolute atomic E-state index is 0.133. The lowest BCUT2D eigenvalue weighted by molar-refractivity contribution is 0.0189. The van der Waals surface area contributed by atoms with Crippen LogP contribution in [0.15, 0.2) is 35.3 Å². The summed E-state index contributed by atoms with van der Waals surface area (Å²) in [5.74, 6) is 0. The SMILES string of the molecule is Cc1ccc2nn3c(=O)ccn(C4CCN(C(=O)OC(C)(C)C)CC4)c3c2c1. The summed E-state index contributed by atoms with van der Waals surface area (Å²) in [4.78, 5) is 26.5. The normalized spacial score (nSPS) is 16.1. The average Bonchev–Trinajstić information content (AvgIpc) is 3.01. The van der Waals surface area contributed by atoms with Crippen LogP contribution >= 0.6 is 0 Å². The predicted octanol–water partition coefficient (Wildman–Crippen LogP) is 3.53. The molecule has 2 aromatic heterocycles. The number of nitrogens with zero attached hydrogens (tertiary/aromatic N) is 4. The third-order valence-electron chi connectivity index (χ3n) is 5.14. The van der Waals surface area contributed by atoms with Crippen molar-refractivity contribution in [2.24, 2.45) is 0 Å². The number of carbonyl (C=O) groups excluding carboxylic acids is 1. The second-order valence-corrected chi connectivity index (χ2v) is 8.52. The van der Waals surface area contributed by atoms with Crippen LogP contribution in [0.1, 0.15) is 45.2 Å². The molecule has 7 heteroatoms. The lowest BCUT2D eigenvalue weighted by Crippen LogP contribution is -2.42. The molecule has 0 N–H and O–H groups in total. The Morgan fingerprint density at radius 1 is 1.18 bits per heavy atom. The van der Waals surface area contributed by atoms with E-state index in [2.05, 4.69) is 15.7 Å². The molecule has 1 aromatic carbocycles. The molecular formula is C21H26N4O3. The molecule has 0 aliphatic carbocycles. The number of aromatic nitrogens is 3. The van der Waals surface area contributed by atoms with E-state index in [1.54, 1.807) is 11.0 Å². The minimum atomic E-state index is -0.493. The number of amides is 1. The van der Waals surface area contributed by atoms with E-state index in [4.69, 9.17) is 4.74 Å². The van der Waals surface area contributed by atoms with E-state index in [0.717, 1.165) is 35.0 Å². The van der Waals surface area contributed by atoms with Crippen molar-refractivity contribution < 1.29 is 9.53 Å². The number of fused-ring (bicyclic) bond motifs is 3. The summed E-state index contributed by atoms with van der Waals surface area (Å²) >= 11 is 0. The number of aryl methyl sites for hydroxylation is 1. The summed E-state index contributed by atoms with van der Waals surface area (Å²) in [6.45, 7) is 8.92. The molecule has 1 amide bonds. The van der Waals surface area contributed by atoms with Gasteiger partial charge in [0, 0.05) is 36.8 Å². The zero-order valence-electron chi connectivity index (χ0n) is 16.8. The van der Waals surface area contributed by atoms with Crippen molar-refractivity contribution in [3.05, 3.63) is 46.4 Å². The van der Waals surface area contributed by atoms with Gasteiger partial charge in [0.25, 0.3) is 5.56 Å². The highest BCUT2D eigenvalue weighted by Gasteiger charge is 2.28. The lowest BCUT2D eigenvalue weighted by atomic mass is 10.0. The molecule has 1 aliphatic heterocycles. The van der Waals surface area contributed by atoms with Crippen molar-refractivity contribution in [2.75, 3.05) is 13.1 Å². The Morgan fingerprint density at radius 3 is 2.57 bits per heavy atom. The maximum Gasteiger partial charge on any atom is 0.410 e. The quantitative estimate of drug-likeness (QED) is 0.646. The third-order valence-corrected chi connectivity index (χ3v) is 5.14. The molecular weight excluding hydrogens is 356 g/mol. The first-order chi connectivity index (χ1) is 13.2. The van der Waals surface area contributed by atoms with Crippen molar-refractivity contribution in [1.82, 2.24) is 19.1 Å². The van der Waals surface area contributed by atoms with Gasteiger partial charge in [0.1, 0.15) is 11.2 Å². The molecule has 0 atom stereocenters. The van der Waals surface area contributed by atoms with Crippen LogP contribution in [0.2, 0.25) is 0 Å². The van der Waals surface area contributed by atoms with Gasteiger partial charge < -0.3 is 14.2 Å². The highest BCUT2D eigenvalue weighted by Crippen LogP contribution is 2.28. The van der Waals surface area contributed by atoms with Crippen molar-refractivity contribution in [3.63, 3.8) is 0 Å². The topological polar surface area (TPSA) is 68.8 Å². The van der Waals surface area contributed by atoms with Crippen LogP contribution in [0.3, 0.4) is 0 Å². The molecule has 28 heavy (non-hydrogen) atoms. The number of hydrogen-bond donors (Lipinski definition) is 0. The highest BCUT2D eigenvalue weighted by molar-refractivity contribution is 5.92. The number of hydrogen-bond acceptors (Lipinski definition) is 4. The number of piperidine rings is 1. The third kappa shape index (κ3) is 3.37. The van der Waals surface area contributed by atoms with Gasteiger partial charge in [-0.25, -0.2) is 4.79 Å². The van der Waals surface area contributed by atoms with Crippen molar-refractivity contribution >= 4 is 22.6 Å². The monoisotopic (exact) mass is 382 g/mol. The van der Waals surface area contributed by atoms with Gasteiger partial charge in [-0.15, -0.1) is 0 Å². The molecule has 0 bridgehead atoms. The van der Waals surface area contributed by atoms with Crippen LogP contribution in [0, 0.1) is 6.92 Å². The van der Waals surface area contributed by atoms with Gasteiger partial charge in [-0.1, -0.05) is 11.6 Å². The smallest absolute Gasteiger partial charge is 0.410 e. The molecule has 1 aliphatic rings. The molecule has 0 saturated carbocycles. The van der Waals surface area contributed by atoms with Crippen molar-refractivity contribution in [2.45, 2.75) is 52.2 Å². The summed E-state index contributed by atoms with van der Waals surface area (Å²) in [5, 5.41) is 5.47. The number of rotatable bonds is 1. The van der Waals surface area contributed by atoms with Gasteiger partial charge in [-0.2, -0.15) is 9.61 Å². The first-order valence-corrected chi connectivity index (χ1v) is 9.71. The molecule has 148 valence electrons. The van der Waals surface area contributed by atoms with Gasteiger partial charge >= 0.3 is 6.09 Å². The van der Waals surface area contributed by atoms with E-state index in [9.17, 15) is 9.59 Å². The number of carbonyl (C=O) groups is 1. The first-order valence-electron chi connectivity index (χ1n) is 9.71. The van der Waals surface area contributed by atoms with Crippen LogP contribution in [0.25, 0.3) is 16.6 Å². The minimum Gasteiger partial charge on any atom is -0.444 e. The summed E-state index contributed by atoms with van der Waals surface area (Å²) in [5.41, 5.74) is 2.14. The van der Waals surface area contributed by atoms with E-state index < -0.39 is 5.60 Å². The number of ether oxygens (including phenoxy) is 1. The van der Waals surface area contributed by atoms with Crippen molar-refractivity contribution in [3.8, 4) is 0 Å². The molecule has 4 rings (SSSR count). The highest BCUT2D eigenvalue weighted by atomic mass is 16.6. The van der Waals surface area contributed by atoms with E-state index in [1.165, 1.54) is 4.52 Å². The maximum absolute atomic E-state index is 12.4. The molecule has 1 fully saturated rings. The molecule has 0 spiro atoms. The van der Waals surface area contributed by atoms with Gasteiger partial charge in [0.15, 0.2) is 0 Å². The van der Waals surface area contributed by atoms with Crippen molar-refractivity contribution in [1.29, 1.82) is 0 Å². The lowest BCUT2D eigenvalue weighted by Gasteiger charge is -2.34. The van der Waals surface area contributed by atoms with E-state index in [1.807, 2.05) is 46.0 Å². The fourth-order valence-corrected chi connectivity index (χ4v) is 3.82. The Labute approximate surface area is 163 Å². The molecule has 3 aromatic rings. The van der Waals surface area contributed by atoms with E-state index >= 15 is 0 Å². The summed E-state index contributed by atoms with van der Waals surface area (Å²) < 4.78 is 9.12. The first kappa shape index (κ1) is 18.5. The number of benzene rings is 1. The second kappa shape index (κ2) is 6.65.